The number of fused-ring (bicyclic) bond motifs is 1. The molecule has 1 aliphatic heterocycles. The fourth-order valence-corrected chi connectivity index (χ4v) is 5.53. The Morgan fingerprint density at radius 3 is 2.15 bits per heavy atom. The number of benzene rings is 3. The fraction of sp³-hybridized carbons (Fsp3) is 0.441. The third kappa shape index (κ3) is 9.21. The van der Waals surface area contributed by atoms with Gasteiger partial charge in [0.25, 0.3) is 11.7 Å². The summed E-state index contributed by atoms with van der Waals surface area (Å²) in [5, 5.41) is 3.86. The number of ether oxygens (including phenoxy) is 3. The van der Waals surface area contributed by atoms with E-state index in [-0.39, 0.29) is 28.8 Å². The number of amides is 2. The van der Waals surface area contributed by atoms with E-state index in [4.69, 9.17) is 14.2 Å². The first-order chi connectivity index (χ1) is 22.1. The van der Waals surface area contributed by atoms with Crippen molar-refractivity contribution in [1.82, 2.24) is 9.80 Å². The summed E-state index contributed by atoms with van der Waals surface area (Å²) in [7, 11) is 1.35. The third-order valence-electron chi connectivity index (χ3n) is 7.62. The zero-order valence-corrected chi connectivity index (χ0v) is 28.7. The van der Waals surface area contributed by atoms with Crippen LogP contribution in [0.25, 0.3) is 10.8 Å². The minimum Gasteiger partial charge on any atom is -0.755 e. The second-order valence-electron chi connectivity index (χ2n) is 13.3. The van der Waals surface area contributed by atoms with E-state index in [9.17, 15) is 23.1 Å². The van der Waals surface area contributed by atoms with E-state index in [1.54, 1.807) is 41.3 Å². The van der Waals surface area contributed by atoms with Gasteiger partial charge in [0, 0.05) is 54.9 Å². The van der Waals surface area contributed by atoms with Crippen molar-refractivity contribution in [2.24, 2.45) is 0 Å². The maximum atomic E-state index is 13.5. The van der Waals surface area contributed by atoms with E-state index in [1.165, 1.54) is 7.11 Å². The van der Waals surface area contributed by atoms with Gasteiger partial charge in [-0.3, -0.25) is 18.7 Å². The van der Waals surface area contributed by atoms with Crippen molar-refractivity contribution < 1.29 is 37.4 Å². The summed E-state index contributed by atoms with van der Waals surface area (Å²) in [5.41, 5.74) is 0.247. The second kappa shape index (κ2) is 14.7. The van der Waals surface area contributed by atoms with Crippen molar-refractivity contribution in [3.63, 3.8) is 0 Å². The van der Waals surface area contributed by atoms with Gasteiger partial charge in [-0.25, -0.2) is 4.79 Å². The number of carbonyl (C=O) groups is 3. The quantitative estimate of drug-likeness (QED) is 0.171. The van der Waals surface area contributed by atoms with E-state index in [2.05, 4.69) is 14.9 Å². The molecule has 0 spiro atoms. The molecule has 1 saturated heterocycles. The van der Waals surface area contributed by atoms with Crippen LogP contribution in [0.1, 0.15) is 57.5 Å². The van der Waals surface area contributed by atoms with E-state index in [1.807, 2.05) is 53.7 Å². The number of hydrogen-bond acceptors (Lipinski definition) is 9. The van der Waals surface area contributed by atoms with Gasteiger partial charge in [-0.2, -0.15) is 0 Å². The number of carbonyl (C=O) groups excluding carboxylic acids is 3. The van der Waals surface area contributed by atoms with Gasteiger partial charge in [0.1, 0.15) is 18.0 Å². The molecular formula is C34H43N4O8S-. The van der Waals surface area contributed by atoms with Gasteiger partial charge < -0.3 is 33.7 Å². The Balaban J connectivity index is 1.46. The normalized spacial score (nSPS) is 14.8. The molecule has 1 atom stereocenters. The first kappa shape index (κ1) is 35.7. The topological polar surface area (TPSA) is 150 Å². The number of methoxy groups -OCH3 is 1. The van der Waals surface area contributed by atoms with Crippen LogP contribution in [0.15, 0.2) is 48.5 Å². The molecule has 4 rings (SSSR count). The molecule has 0 bridgehead atoms. The number of piperazine rings is 1. The van der Waals surface area contributed by atoms with Gasteiger partial charge in [-0.05, 0) is 61.4 Å². The molecule has 1 heterocycles. The monoisotopic (exact) mass is 667 g/mol. The highest BCUT2D eigenvalue weighted by Crippen LogP contribution is 2.39. The van der Waals surface area contributed by atoms with Crippen molar-refractivity contribution in [2.75, 3.05) is 56.5 Å². The average molecular weight is 668 g/mol. The Morgan fingerprint density at radius 2 is 1.55 bits per heavy atom. The lowest BCUT2D eigenvalue weighted by Gasteiger charge is -2.35. The lowest BCUT2D eigenvalue weighted by molar-refractivity contribution is -0.112. The smallest absolute Gasteiger partial charge is 0.410 e. The summed E-state index contributed by atoms with van der Waals surface area (Å²) in [6.45, 7) is 14.9. The Kier molecular flexibility index (Phi) is 11.2. The average Bonchev–Trinajstić information content (AvgIpc) is 2.99. The number of nitrogens with one attached hydrogen (secondary N) is 2. The van der Waals surface area contributed by atoms with Crippen LogP contribution >= 0.6 is 0 Å². The van der Waals surface area contributed by atoms with Crippen LogP contribution in [0, 0.1) is 0 Å². The van der Waals surface area contributed by atoms with E-state index in [0.29, 0.717) is 61.4 Å². The highest BCUT2D eigenvalue weighted by atomic mass is 32.2. The first-order valence-electron chi connectivity index (χ1n) is 15.4. The predicted octanol–water partition coefficient (Wildman–Crippen LogP) is 5.10. The minimum absolute atomic E-state index is 0.0724. The molecule has 0 aromatic heterocycles. The van der Waals surface area contributed by atoms with Crippen LogP contribution in [0.2, 0.25) is 0 Å². The molecule has 2 N–H and O–H groups in total. The van der Waals surface area contributed by atoms with Crippen molar-refractivity contribution in [2.45, 2.75) is 52.6 Å². The number of Topliss-reactive ketones (excluding diaryl/α,β-unsaturated/α-hetero) is 1. The maximum absolute atomic E-state index is 13.5. The zero-order valence-electron chi connectivity index (χ0n) is 27.9. The maximum Gasteiger partial charge on any atom is 0.410 e. The van der Waals surface area contributed by atoms with E-state index in [0.717, 1.165) is 0 Å². The van der Waals surface area contributed by atoms with Crippen LogP contribution in [0.3, 0.4) is 0 Å². The lowest BCUT2D eigenvalue weighted by atomic mass is 9.86. The number of ketones is 1. The summed E-state index contributed by atoms with van der Waals surface area (Å²) in [6.07, 6.45) is -0.306. The molecule has 12 nitrogen and oxygen atoms in total. The summed E-state index contributed by atoms with van der Waals surface area (Å²) >= 11 is -2.64. The van der Waals surface area contributed by atoms with Gasteiger partial charge in [-0.15, -0.1) is 0 Å². The minimum atomic E-state index is -2.64. The standard InChI is InChI=1S/C34H44N4O8S/c1-33(2,3)22-20-26(30(44-7)27(21-22)36-47(42)43)35-31(40)29(39)25-12-13-28(24-11-9-8-10-23(24)25)45-19-18-37-14-16-38(17-15-37)32(41)46-34(4,5)6/h8-13,20-21,36H,14-19H2,1-7H3,(H,35,40)(H,42,43)/p-1. The molecule has 0 saturated carbocycles. The molecule has 0 radical (unpaired) electrons. The molecular weight excluding hydrogens is 624 g/mol. The second-order valence-corrected chi connectivity index (χ2v) is 14.0. The van der Waals surface area contributed by atoms with Gasteiger partial charge in [0.15, 0.2) is 5.75 Å². The Hall–Kier alpha value is -4.20. The number of nitrogens with zero attached hydrogens (tertiary/aromatic N) is 2. The van der Waals surface area contributed by atoms with Crippen molar-refractivity contribution in [3.8, 4) is 11.5 Å². The molecule has 3 aromatic rings. The Labute approximate surface area is 278 Å². The van der Waals surface area contributed by atoms with E-state index < -0.39 is 34.0 Å². The SMILES string of the molecule is COc1c(NC(=O)C(=O)c2ccc(OCCN3CCN(C(=O)OC(C)(C)C)CC3)c3ccccc23)cc(C(C)(C)C)cc1NS(=O)[O-]. The van der Waals surface area contributed by atoms with Gasteiger partial charge in [0.2, 0.25) is 0 Å². The van der Waals surface area contributed by atoms with Crippen LogP contribution in [-0.4, -0.2) is 88.4 Å². The van der Waals surface area contributed by atoms with Crippen molar-refractivity contribution in [1.29, 1.82) is 0 Å². The first-order valence-corrected chi connectivity index (χ1v) is 16.4. The molecule has 0 aliphatic carbocycles. The Bertz CT molecular complexity index is 1660. The number of rotatable bonds is 10. The number of anilines is 2. The molecule has 1 aliphatic rings. The van der Waals surface area contributed by atoms with Crippen molar-refractivity contribution >= 4 is 51.2 Å². The highest BCUT2D eigenvalue weighted by Gasteiger charge is 2.27. The molecule has 47 heavy (non-hydrogen) atoms. The Morgan fingerprint density at radius 1 is 0.915 bits per heavy atom. The third-order valence-corrected chi connectivity index (χ3v) is 8.01. The molecule has 3 aromatic carbocycles. The van der Waals surface area contributed by atoms with Crippen molar-refractivity contribution in [3.05, 3.63) is 59.7 Å². The molecule has 13 heteroatoms. The highest BCUT2D eigenvalue weighted by molar-refractivity contribution is 7.80. The molecule has 1 fully saturated rings. The largest absolute Gasteiger partial charge is 0.755 e. The lowest BCUT2D eigenvalue weighted by Crippen LogP contribution is -2.50. The number of hydrogen-bond donors (Lipinski definition) is 2. The summed E-state index contributed by atoms with van der Waals surface area (Å²) in [6, 6.07) is 13.7. The molecule has 254 valence electrons. The zero-order chi connectivity index (χ0) is 34.5. The van der Waals surface area contributed by atoms with Gasteiger partial charge >= 0.3 is 6.09 Å². The summed E-state index contributed by atoms with van der Waals surface area (Å²) in [5.74, 6) is -1.04. The van der Waals surface area contributed by atoms with Gasteiger partial charge in [-0.1, -0.05) is 45.0 Å². The summed E-state index contributed by atoms with van der Waals surface area (Å²) in [4.78, 5) is 43.2. The van der Waals surface area contributed by atoms with Gasteiger partial charge in [0.05, 0.1) is 18.5 Å². The van der Waals surface area contributed by atoms with Crippen LogP contribution in [0.4, 0.5) is 16.2 Å². The fourth-order valence-electron chi connectivity index (χ4n) is 5.20. The molecule has 2 amide bonds. The van der Waals surface area contributed by atoms with Crippen LogP contribution in [-0.2, 0) is 26.2 Å². The van der Waals surface area contributed by atoms with Crippen LogP contribution < -0.4 is 19.5 Å². The predicted molar refractivity (Wildman–Crippen MR) is 181 cm³/mol. The van der Waals surface area contributed by atoms with Crippen LogP contribution in [0.5, 0.6) is 11.5 Å². The summed E-state index contributed by atoms with van der Waals surface area (Å²) < 4.78 is 42.3. The van der Waals surface area contributed by atoms with E-state index >= 15 is 0 Å². The molecule has 1 unspecified atom stereocenters.